The van der Waals surface area contributed by atoms with Gasteiger partial charge in [-0.2, -0.15) is 5.26 Å². The molecule has 0 aliphatic carbocycles. The first-order valence-corrected chi connectivity index (χ1v) is 11.4. The quantitative estimate of drug-likeness (QED) is 0.426. The summed E-state index contributed by atoms with van der Waals surface area (Å²) >= 11 is 0. The number of benzene rings is 3. The minimum Gasteiger partial charge on any atom is -0.467 e. The van der Waals surface area contributed by atoms with Crippen LogP contribution >= 0.6 is 0 Å². The van der Waals surface area contributed by atoms with E-state index in [9.17, 15) is 14.4 Å². The van der Waals surface area contributed by atoms with Crippen LogP contribution in [0.1, 0.15) is 22.3 Å². The highest BCUT2D eigenvalue weighted by Crippen LogP contribution is 2.10. The number of amides is 2. The van der Waals surface area contributed by atoms with Gasteiger partial charge in [0.2, 0.25) is 5.91 Å². The predicted octanol–water partition coefficient (Wildman–Crippen LogP) is 3.30. The van der Waals surface area contributed by atoms with Gasteiger partial charge in [0.05, 0.1) is 18.7 Å². The van der Waals surface area contributed by atoms with E-state index in [0.29, 0.717) is 5.56 Å². The van der Waals surface area contributed by atoms with Crippen LogP contribution in [0.3, 0.4) is 0 Å². The van der Waals surface area contributed by atoms with Crippen LogP contribution in [0.2, 0.25) is 0 Å². The molecule has 0 saturated carbocycles. The lowest BCUT2D eigenvalue weighted by atomic mass is 10.0. The maximum atomic E-state index is 13.2. The molecule has 0 aromatic heterocycles. The molecule has 0 aliphatic heterocycles. The molecule has 0 fully saturated rings. The number of nitrogens with zero attached hydrogens (tertiary/aromatic N) is 1. The summed E-state index contributed by atoms with van der Waals surface area (Å²) in [4.78, 5) is 38.2. The van der Waals surface area contributed by atoms with Crippen LogP contribution in [0, 0.1) is 11.3 Å². The number of carbonyl (C=O) groups excluding carboxylic acids is 3. The number of nitrogens with one attached hydrogen (secondary N) is 2. The summed E-state index contributed by atoms with van der Waals surface area (Å²) < 4.78 is 10.2. The van der Waals surface area contributed by atoms with Gasteiger partial charge in [0.25, 0.3) is 0 Å². The van der Waals surface area contributed by atoms with Crippen LogP contribution in [0.15, 0.2) is 84.9 Å². The van der Waals surface area contributed by atoms with Gasteiger partial charge in [-0.25, -0.2) is 9.59 Å². The molecule has 3 rings (SSSR count). The fourth-order valence-electron chi connectivity index (χ4n) is 3.53. The van der Waals surface area contributed by atoms with Gasteiger partial charge >= 0.3 is 12.1 Å². The van der Waals surface area contributed by atoms with Gasteiger partial charge in [0.1, 0.15) is 18.7 Å². The predicted molar refractivity (Wildman–Crippen MR) is 133 cm³/mol. The van der Waals surface area contributed by atoms with Crippen LogP contribution in [0.4, 0.5) is 4.79 Å². The molecule has 3 aromatic rings. The molecule has 0 saturated heterocycles. The second-order valence-electron chi connectivity index (χ2n) is 8.05. The van der Waals surface area contributed by atoms with Crippen molar-refractivity contribution in [3.05, 3.63) is 107 Å². The number of rotatable bonds is 10. The van der Waals surface area contributed by atoms with Gasteiger partial charge in [-0.05, 0) is 28.8 Å². The Labute approximate surface area is 209 Å². The third kappa shape index (κ3) is 7.99. The average molecular weight is 486 g/mol. The number of esters is 1. The van der Waals surface area contributed by atoms with Crippen molar-refractivity contribution in [1.29, 1.82) is 5.26 Å². The molecule has 184 valence electrons. The topological polar surface area (TPSA) is 118 Å². The van der Waals surface area contributed by atoms with Crippen molar-refractivity contribution in [3.8, 4) is 6.07 Å². The van der Waals surface area contributed by atoms with Crippen LogP contribution < -0.4 is 10.6 Å². The van der Waals surface area contributed by atoms with E-state index in [-0.39, 0.29) is 19.4 Å². The maximum absolute atomic E-state index is 13.2. The summed E-state index contributed by atoms with van der Waals surface area (Å²) in [6.07, 6.45) is -0.407. The molecule has 0 heterocycles. The van der Waals surface area contributed by atoms with E-state index in [1.54, 1.807) is 24.3 Å². The largest absolute Gasteiger partial charge is 0.467 e. The Morgan fingerprint density at radius 1 is 0.778 bits per heavy atom. The second kappa shape index (κ2) is 13.3. The number of alkyl carbamates (subject to hydrolysis) is 1. The molecule has 3 aromatic carbocycles. The SMILES string of the molecule is COC(=O)[C@@H](Cc1ccc(C#N)cc1)NC(=O)[C@H](Cc1ccccc1)NC(=O)OCc1ccccc1. The standard InChI is InChI=1S/C28H27N3O5/c1-35-27(33)25(17-21-12-14-22(18-29)15-13-21)30-26(32)24(16-20-8-4-2-5-9-20)31-28(34)36-19-23-10-6-3-7-11-23/h2-15,24-25H,16-17,19H2,1H3,(H,30,32)(H,31,34)/t24-,25+/m0/s1. The number of nitriles is 1. The second-order valence-corrected chi connectivity index (χ2v) is 8.05. The van der Waals surface area contributed by atoms with Crippen molar-refractivity contribution in [3.63, 3.8) is 0 Å². The Bertz CT molecular complexity index is 1190. The first-order chi connectivity index (χ1) is 17.5. The Hall–Kier alpha value is -4.64. The number of hydrogen-bond donors (Lipinski definition) is 2. The fourth-order valence-corrected chi connectivity index (χ4v) is 3.53. The summed E-state index contributed by atoms with van der Waals surface area (Å²) in [6.45, 7) is 0.0514. The maximum Gasteiger partial charge on any atom is 0.408 e. The molecule has 2 amide bonds. The Kier molecular flexibility index (Phi) is 9.60. The monoisotopic (exact) mass is 485 g/mol. The molecule has 0 spiro atoms. The molecule has 0 unspecified atom stereocenters. The molecule has 2 atom stereocenters. The van der Waals surface area contributed by atoms with E-state index in [0.717, 1.165) is 16.7 Å². The van der Waals surface area contributed by atoms with Crippen LogP contribution in [0.25, 0.3) is 0 Å². The Morgan fingerprint density at radius 3 is 1.92 bits per heavy atom. The van der Waals surface area contributed by atoms with Gasteiger partial charge in [-0.1, -0.05) is 72.8 Å². The van der Waals surface area contributed by atoms with Crippen molar-refractivity contribution in [2.24, 2.45) is 0 Å². The summed E-state index contributed by atoms with van der Waals surface area (Å²) in [5, 5.41) is 14.3. The van der Waals surface area contributed by atoms with Gasteiger partial charge in [0.15, 0.2) is 0 Å². The van der Waals surface area contributed by atoms with Crippen LogP contribution in [-0.2, 0) is 38.5 Å². The van der Waals surface area contributed by atoms with Gasteiger partial charge in [-0.3, -0.25) is 4.79 Å². The first-order valence-electron chi connectivity index (χ1n) is 11.4. The fraction of sp³-hybridized carbons (Fsp3) is 0.214. The van der Waals surface area contributed by atoms with Gasteiger partial charge < -0.3 is 20.1 Å². The molecule has 2 N–H and O–H groups in total. The van der Waals surface area contributed by atoms with Crippen molar-refractivity contribution < 1.29 is 23.9 Å². The number of hydrogen-bond acceptors (Lipinski definition) is 6. The summed E-state index contributed by atoms with van der Waals surface area (Å²) in [5.74, 6) is -1.18. The zero-order chi connectivity index (χ0) is 25.8. The normalized spacial score (nSPS) is 11.9. The summed E-state index contributed by atoms with van der Waals surface area (Å²) in [5.41, 5.74) is 2.85. The summed E-state index contributed by atoms with van der Waals surface area (Å²) in [6, 6.07) is 25.1. The van der Waals surface area contributed by atoms with E-state index in [4.69, 9.17) is 14.7 Å². The molecular formula is C28H27N3O5. The van der Waals surface area contributed by atoms with Crippen molar-refractivity contribution in [2.45, 2.75) is 31.5 Å². The molecular weight excluding hydrogens is 458 g/mol. The Morgan fingerprint density at radius 2 is 1.33 bits per heavy atom. The highest BCUT2D eigenvalue weighted by Gasteiger charge is 2.28. The van der Waals surface area contributed by atoms with Gasteiger partial charge in [-0.15, -0.1) is 0 Å². The van der Waals surface area contributed by atoms with Crippen molar-refractivity contribution >= 4 is 18.0 Å². The van der Waals surface area contributed by atoms with E-state index in [1.165, 1.54) is 7.11 Å². The van der Waals surface area contributed by atoms with Gasteiger partial charge in [0, 0.05) is 12.8 Å². The molecule has 0 bridgehead atoms. The molecule has 8 heteroatoms. The number of ether oxygens (including phenoxy) is 2. The third-order valence-corrected chi connectivity index (χ3v) is 5.43. The third-order valence-electron chi connectivity index (χ3n) is 5.43. The molecule has 0 radical (unpaired) electrons. The van der Waals surface area contributed by atoms with E-state index in [1.807, 2.05) is 66.7 Å². The minimum atomic E-state index is -0.996. The van der Waals surface area contributed by atoms with Crippen molar-refractivity contribution in [2.75, 3.05) is 7.11 Å². The number of carbonyl (C=O) groups is 3. The van der Waals surface area contributed by atoms with E-state index >= 15 is 0 Å². The van der Waals surface area contributed by atoms with Crippen LogP contribution in [-0.4, -0.2) is 37.2 Å². The highest BCUT2D eigenvalue weighted by molar-refractivity contribution is 5.90. The average Bonchev–Trinajstić information content (AvgIpc) is 2.92. The molecule has 0 aliphatic rings. The lowest BCUT2D eigenvalue weighted by molar-refractivity contribution is -0.145. The van der Waals surface area contributed by atoms with E-state index < -0.39 is 30.1 Å². The zero-order valence-corrected chi connectivity index (χ0v) is 19.8. The zero-order valence-electron chi connectivity index (χ0n) is 19.8. The number of methoxy groups -OCH3 is 1. The smallest absolute Gasteiger partial charge is 0.408 e. The van der Waals surface area contributed by atoms with E-state index in [2.05, 4.69) is 10.6 Å². The summed E-state index contributed by atoms with van der Waals surface area (Å²) in [7, 11) is 1.24. The lowest BCUT2D eigenvalue weighted by Crippen LogP contribution is -2.53. The first kappa shape index (κ1) is 26.0. The molecule has 36 heavy (non-hydrogen) atoms. The van der Waals surface area contributed by atoms with Crippen molar-refractivity contribution in [1.82, 2.24) is 10.6 Å². The highest BCUT2D eigenvalue weighted by atomic mass is 16.5. The Balaban J connectivity index is 1.71. The molecule has 8 nitrogen and oxygen atoms in total. The lowest BCUT2D eigenvalue weighted by Gasteiger charge is -2.22. The van der Waals surface area contributed by atoms with Crippen LogP contribution in [0.5, 0.6) is 0 Å². The minimum absolute atomic E-state index is 0.0514.